The molecule has 6 nitrogen and oxygen atoms in total. The third-order valence-electron chi connectivity index (χ3n) is 3.87. The summed E-state index contributed by atoms with van der Waals surface area (Å²) in [5, 5.41) is 0.157. The van der Waals surface area contributed by atoms with Crippen molar-refractivity contribution < 1.29 is 17.9 Å². The minimum absolute atomic E-state index is 0.0527. The first-order valence-electron chi connectivity index (χ1n) is 6.98. The normalized spacial score (nSPS) is 21.8. The smallest absolute Gasteiger partial charge is 0.337 e. The molecular formula is C14H19ClN2O4S. The van der Waals surface area contributed by atoms with Crippen LogP contribution in [-0.2, 0) is 14.8 Å². The molecule has 0 saturated heterocycles. The van der Waals surface area contributed by atoms with Crippen molar-refractivity contribution in [3.8, 4) is 0 Å². The molecule has 0 aromatic heterocycles. The maximum absolute atomic E-state index is 12.5. The van der Waals surface area contributed by atoms with Crippen LogP contribution in [0.2, 0.25) is 5.02 Å². The van der Waals surface area contributed by atoms with Crippen LogP contribution < -0.4 is 10.5 Å². The molecule has 3 N–H and O–H groups in total. The summed E-state index contributed by atoms with van der Waals surface area (Å²) < 4.78 is 32.3. The molecule has 0 bridgehead atoms. The highest BCUT2D eigenvalue weighted by atomic mass is 35.5. The Kier molecular flexibility index (Phi) is 5.44. The summed E-state index contributed by atoms with van der Waals surface area (Å²) in [5.74, 6) is -0.506. The third-order valence-corrected chi connectivity index (χ3v) is 5.56. The van der Waals surface area contributed by atoms with Crippen LogP contribution in [0.15, 0.2) is 23.1 Å². The molecule has 122 valence electrons. The number of rotatable bonds is 5. The van der Waals surface area contributed by atoms with Gasteiger partial charge in [-0.05, 0) is 43.5 Å². The van der Waals surface area contributed by atoms with Gasteiger partial charge in [0.2, 0.25) is 10.0 Å². The van der Waals surface area contributed by atoms with Gasteiger partial charge in [0.25, 0.3) is 0 Å². The van der Waals surface area contributed by atoms with Gasteiger partial charge in [0.1, 0.15) is 0 Å². The lowest BCUT2D eigenvalue weighted by atomic mass is 10.1. The van der Waals surface area contributed by atoms with Gasteiger partial charge in [0, 0.05) is 11.1 Å². The predicted octanol–water partition coefficient (Wildman–Crippen LogP) is 1.53. The second-order valence-electron chi connectivity index (χ2n) is 5.32. The number of sulfonamides is 1. The van der Waals surface area contributed by atoms with E-state index in [0.29, 0.717) is 6.54 Å². The quantitative estimate of drug-likeness (QED) is 0.788. The van der Waals surface area contributed by atoms with Gasteiger partial charge in [0.15, 0.2) is 0 Å². The molecule has 1 saturated carbocycles. The first-order chi connectivity index (χ1) is 10.4. The molecule has 1 aromatic carbocycles. The average Bonchev–Trinajstić information content (AvgIpc) is 2.92. The number of carbonyl (C=O) groups is 1. The van der Waals surface area contributed by atoms with E-state index in [4.69, 9.17) is 17.3 Å². The van der Waals surface area contributed by atoms with Gasteiger partial charge in [-0.1, -0.05) is 18.0 Å². The molecule has 0 radical (unpaired) electrons. The minimum Gasteiger partial charge on any atom is -0.465 e. The van der Waals surface area contributed by atoms with Crippen LogP contribution in [0.3, 0.4) is 0 Å². The molecule has 2 unspecified atom stereocenters. The fourth-order valence-corrected chi connectivity index (χ4v) is 4.40. The van der Waals surface area contributed by atoms with Crippen molar-refractivity contribution in [2.75, 3.05) is 13.7 Å². The van der Waals surface area contributed by atoms with E-state index < -0.39 is 16.0 Å². The van der Waals surface area contributed by atoms with Crippen molar-refractivity contribution in [3.63, 3.8) is 0 Å². The van der Waals surface area contributed by atoms with E-state index in [1.165, 1.54) is 25.3 Å². The molecular weight excluding hydrogens is 328 g/mol. The Bertz CT molecular complexity index is 663. The van der Waals surface area contributed by atoms with E-state index in [2.05, 4.69) is 9.46 Å². The van der Waals surface area contributed by atoms with Gasteiger partial charge in [-0.2, -0.15) is 0 Å². The molecule has 22 heavy (non-hydrogen) atoms. The Labute approximate surface area is 135 Å². The number of hydrogen-bond acceptors (Lipinski definition) is 5. The van der Waals surface area contributed by atoms with Gasteiger partial charge >= 0.3 is 5.97 Å². The Morgan fingerprint density at radius 2 is 2.14 bits per heavy atom. The second-order valence-corrected chi connectivity index (χ2v) is 7.47. The average molecular weight is 347 g/mol. The van der Waals surface area contributed by atoms with E-state index in [1.807, 2.05) is 0 Å². The number of nitrogens with one attached hydrogen (secondary N) is 1. The number of benzene rings is 1. The van der Waals surface area contributed by atoms with Gasteiger partial charge in [-0.25, -0.2) is 17.9 Å². The molecule has 1 aliphatic rings. The topological polar surface area (TPSA) is 98.5 Å². The van der Waals surface area contributed by atoms with Crippen molar-refractivity contribution >= 4 is 27.6 Å². The van der Waals surface area contributed by atoms with Crippen LogP contribution in [0.5, 0.6) is 0 Å². The summed E-state index contributed by atoms with van der Waals surface area (Å²) in [6.07, 6.45) is 2.61. The van der Waals surface area contributed by atoms with Gasteiger partial charge in [0.05, 0.1) is 17.6 Å². The molecule has 1 fully saturated rings. The summed E-state index contributed by atoms with van der Waals surface area (Å²) in [7, 11) is -2.55. The zero-order valence-electron chi connectivity index (χ0n) is 12.2. The molecule has 2 atom stereocenters. The van der Waals surface area contributed by atoms with Gasteiger partial charge < -0.3 is 10.5 Å². The van der Waals surface area contributed by atoms with Crippen LogP contribution in [0.4, 0.5) is 0 Å². The van der Waals surface area contributed by atoms with E-state index in [1.54, 1.807) is 0 Å². The first-order valence-corrected chi connectivity index (χ1v) is 8.85. The van der Waals surface area contributed by atoms with Crippen molar-refractivity contribution in [2.24, 2.45) is 11.7 Å². The summed E-state index contributed by atoms with van der Waals surface area (Å²) in [4.78, 5) is 11.5. The lowest BCUT2D eigenvalue weighted by molar-refractivity contribution is 0.0600. The van der Waals surface area contributed by atoms with Crippen molar-refractivity contribution in [3.05, 3.63) is 28.8 Å². The van der Waals surface area contributed by atoms with Crippen LogP contribution in [-0.4, -0.2) is 34.1 Å². The standard InChI is InChI=1S/C14H19ClN2O4S/c1-21-14(18)10-5-11(15)7-12(6-10)22(19,20)17-13-4-2-3-9(13)8-16/h5-7,9,13,17H,2-4,8,16H2,1H3. The summed E-state index contributed by atoms with van der Waals surface area (Å²) in [6, 6.07) is 3.75. The van der Waals surface area contributed by atoms with E-state index in [-0.39, 0.29) is 27.4 Å². The fraction of sp³-hybridized carbons (Fsp3) is 0.500. The minimum atomic E-state index is -3.77. The largest absolute Gasteiger partial charge is 0.465 e. The molecule has 8 heteroatoms. The number of carbonyl (C=O) groups excluding carboxylic acids is 1. The van der Waals surface area contributed by atoms with Gasteiger partial charge in [-0.3, -0.25) is 0 Å². The molecule has 0 amide bonds. The van der Waals surface area contributed by atoms with Crippen molar-refractivity contribution in [1.29, 1.82) is 0 Å². The van der Waals surface area contributed by atoms with E-state index in [9.17, 15) is 13.2 Å². The first kappa shape index (κ1) is 17.2. The molecule has 1 aromatic rings. The van der Waals surface area contributed by atoms with Crippen LogP contribution in [0.25, 0.3) is 0 Å². The molecule has 0 aliphatic heterocycles. The van der Waals surface area contributed by atoms with Crippen LogP contribution in [0, 0.1) is 5.92 Å². The maximum atomic E-state index is 12.5. The highest BCUT2D eigenvalue weighted by Crippen LogP contribution is 2.27. The summed E-state index contributed by atoms with van der Waals surface area (Å²) >= 11 is 5.91. The number of ether oxygens (including phenoxy) is 1. The molecule has 2 rings (SSSR count). The monoisotopic (exact) mass is 346 g/mol. The Balaban J connectivity index is 2.29. The fourth-order valence-electron chi connectivity index (χ4n) is 2.70. The molecule has 1 aliphatic carbocycles. The summed E-state index contributed by atoms with van der Waals surface area (Å²) in [6.45, 7) is 0.441. The SMILES string of the molecule is COC(=O)c1cc(Cl)cc(S(=O)(=O)NC2CCCC2CN)c1. The lowest BCUT2D eigenvalue weighted by Crippen LogP contribution is -2.39. The third kappa shape index (κ3) is 3.78. The number of halogens is 1. The predicted molar refractivity (Wildman–Crippen MR) is 83.3 cm³/mol. The highest BCUT2D eigenvalue weighted by Gasteiger charge is 2.30. The van der Waals surface area contributed by atoms with E-state index in [0.717, 1.165) is 19.3 Å². The van der Waals surface area contributed by atoms with Crippen molar-refractivity contribution in [1.82, 2.24) is 4.72 Å². The van der Waals surface area contributed by atoms with Gasteiger partial charge in [-0.15, -0.1) is 0 Å². The number of hydrogen-bond donors (Lipinski definition) is 2. The number of methoxy groups -OCH3 is 1. The zero-order chi connectivity index (χ0) is 16.3. The lowest BCUT2D eigenvalue weighted by Gasteiger charge is -2.19. The Morgan fingerprint density at radius 3 is 2.77 bits per heavy atom. The summed E-state index contributed by atoms with van der Waals surface area (Å²) in [5.41, 5.74) is 5.77. The Morgan fingerprint density at radius 1 is 1.41 bits per heavy atom. The van der Waals surface area contributed by atoms with Crippen molar-refractivity contribution in [2.45, 2.75) is 30.2 Å². The second kappa shape index (κ2) is 6.95. The number of esters is 1. The highest BCUT2D eigenvalue weighted by molar-refractivity contribution is 7.89. The molecule has 0 spiro atoms. The Hall–Kier alpha value is -1.15. The van der Waals surface area contributed by atoms with Crippen LogP contribution in [0.1, 0.15) is 29.6 Å². The number of nitrogens with two attached hydrogens (primary N) is 1. The molecule has 0 heterocycles. The zero-order valence-corrected chi connectivity index (χ0v) is 13.8. The maximum Gasteiger partial charge on any atom is 0.337 e. The van der Waals surface area contributed by atoms with Crippen LogP contribution >= 0.6 is 11.6 Å². The van der Waals surface area contributed by atoms with E-state index >= 15 is 0 Å².